The maximum Gasteiger partial charge on any atom is 0.273 e. The van der Waals surface area contributed by atoms with Gasteiger partial charge in [0, 0.05) is 16.5 Å². The van der Waals surface area contributed by atoms with E-state index in [1.807, 2.05) is 35.3 Å². The van der Waals surface area contributed by atoms with Crippen LogP contribution in [-0.2, 0) is 11.2 Å². The summed E-state index contributed by atoms with van der Waals surface area (Å²) in [6.45, 7) is 4.26. The van der Waals surface area contributed by atoms with Gasteiger partial charge in [0.25, 0.3) is 5.91 Å². The second kappa shape index (κ2) is 6.47. The molecule has 0 aromatic heterocycles. The molecule has 0 N–H and O–H groups in total. The van der Waals surface area contributed by atoms with Gasteiger partial charge in [-0.1, -0.05) is 62.0 Å². The second-order valence-electron chi connectivity index (χ2n) is 7.14. The average Bonchev–Trinajstić information content (AvgIpc) is 2.75. The van der Waals surface area contributed by atoms with Crippen LogP contribution in [0.3, 0.4) is 0 Å². The van der Waals surface area contributed by atoms with E-state index in [9.17, 15) is 4.79 Å². The predicted octanol–water partition coefficient (Wildman–Crippen LogP) is 6.00. The minimum Gasteiger partial charge on any atom is -0.270 e. The van der Waals surface area contributed by atoms with Crippen molar-refractivity contribution in [3.05, 3.63) is 57.6 Å². The number of benzene rings is 2. The summed E-state index contributed by atoms with van der Waals surface area (Å²) in [6, 6.07) is 11.8. The van der Waals surface area contributed by atoms with Crippen molar-refractivity contribution >= 4 is 40.5 Å². The van der Waals surface area contributed by atoms with Crippen LogP contribution in [-0.4, -0.2) is 11.4 Å². The molecule has 1 unspecified atom stereocenters. The summed E-state index contributed by atoms with van der Waals surface area (Å²) in [5.41, 5.74) is 3.70. The fourth-order valence-corrected chi connectivity index (χ4v) is 4.55. The van der Waals surface area contributed by atoms with Crippen molar-refractivity contribution in [2.45, 2.75) is 51.5 Å². The van der Waals surface area contributed by atoms with Crippen LogP contribution in [0.15, 0.2) is 36.4 Å². The lowest BCUT2D eigenvalue weighted by molar-refractivity contribution is -0.131. The van der Waals surface area contributed by atoms with Gasteiger partial charge in [-0.3, -0.25) is 9.80 Å². The van der Waals surface area contributed by atoms with Gasteiger partial charge in [-0.15, -0.1) is 0 Å². The number of rotatable bonds is 4. The molecule has 1 atom stereocenters. The molecule has 0 aliphatic carbocycles. The molecule has 0 spiro atoms. The summed E-state index contributed by atoms with van der Waals surface area (Å²) < 4.78 is 0. The molecule has 0 saturated carbocycles. The third kappa shape index (κ3) is 2.44. The van der Waals surface area contributed by atoms with E-state index in [0.717, 1.165) is 49.0 Å². The van der Waals surface area contributed by atoms with Gasteiger partial charge in [0.15, 0.2) is 0 Å². The molecule has 2 aliphatic rings. The van der Waals surface area contributed by atoms with Crippen molar-refractivity contribution in [2.24, 2.45) is 0 Å². The molecule has 1 saturated heterocycles. The van der Waals surface area contributed by atoms with E-state index in [1.54, 1.807) is 0 Å². The van der Waals surface area contributed by atoms with E-state index < -0.39 is 5.54 Å². The minimum absolute atomic E-state index is 0.157. The summed E-state index contributed by atoms with van der Waals surface area (Å²) in [6.07, 6.45) is 4.45. The van der Waals surface area contributed by atoms with E-state index in [0.29, 0.717) is 10.0 Å². The summed E-state index contributed by atoms with van der Waals surface area (Å²) in [5.74, 6) is 0.157. The zero-order valence-electron chi connectivity index (χ0n) is 15.1. The third-order valence-corrected chi connectivity index (χ3v) is 6.13. The summed E-state index contributed by atoms with van der Waals surface area (Å²) in [7, 11) is 0. The number of amides is 1. The Hall–Kier alpha value is -1.71. The number of fused-ring (bicyclic) bond motifs is 5. The number of halogens is 2. The average molecular weight is 389 g/mol. The molecule has 2 aromatic carbocycles. The highest BCUT2D eigenvalue weighted by Gasteiger charge is 2.59. The predicted molar refractivity (Wildman–Crippen MR) is 108 cm³/mol. The van der Waals surface area contributed by atoms with Gasteiger partial charge in [-0.25, -0.2) is 5.01 Å². The Morgan fingerprint density at radius 1 is 1.00 bits per heavy atom. The molecule has 3 nitrogen and oxygen atoms in total. The largest absolute Gasteiger partial charge is 0.273 e. The fraction of sp³-hybridized carbons (Fsp3) is 0.381. The number of hydrogen-bond acceptors (Lipinski definition) is 2. The molecule has 26 heavy (non-hydrogen) atoms. The quantitative estimate of drug-likeness (QED) is 0.640. The Morgan fingerprint density at radius 3 is 2.23 bits per heavy atom. The van der Waals surface area contributed by atoms with E-state index in [1.165, 1.54) is 5.56 Å². The monoisotopic (exact) mass is 388 g/mol. The molecular weight excluding hydrogens is 367 g/mol. The summed E-state index contributed by atoms with van der Waals surface area (Å²) in [5, 5.41) is 5.31. The molecule has 2 heterocycles. The first-order valence-electron chi connectivity index (χ1n) is 9.23. The molecule has 136 valence electrons. The molecular formula is C21H22Cl2N2O. The molecule has 1 fully saturated rings. The van der Waals surface area contributed by atoms with Gasteiger partial charge in [-0.2, -0.15) is 0 Å². The third-order valence-electron chi connectivity index (χ3n) is 5.66. The zero-order chi connectivity index (χ0) is 18.5. The standard InChI is InChI=1S/C21H22Cl2N2O/c1-3-5-10-21(4-2)20(26)24-18-12-16(22)8-6-14(18)11-15-7-9-17(23)13-19(15)25(21)24/h6-9,12-13H,3-5,10-11H2,1-2H3. The number of nitrogens with zero attached hydrogens (tertiary/aromatic N) is 2. The van der Waals surface area contributed by atoms with Crippen LogP contribution >= 0.6 is 23.2 Å². The van der Waals surface area contributed by atoms with Gasteiger partial charge >= 0.3 is 0 Å². The van der Waals surface area contributed by atoms with Crippen molar-refractivity contribution in [3.63, 3.8) is 0 Å². The number of unbranched alkanes of at least 4 members (excludes halogenated alkanes) is 1. The SMILES string of the molecule is CCCCC1(CC)C(=O)N2c3cc(Cl)ccc3Cc3ccc(Cl)cc3N21. The van der Waals surface area contributed by atoms with Gasteiger partial charge < -0.3 is 0 Å². The van der Waals surface area contributed by atoms with Crippen molar-refractivity contribution in [1.29, 1.82) is 0 Å². The van der Waals surface area contributed by atoms with E-state index >= 15 is 0 Å². The van der Waals surface area contributed by atoms with E-state index in [-0.39, 0.29) is 5.91 Å². The number of carbonyl (C=O) groups is 1. The van der Waals surface area contributed by atoms with Crippen molar-refractivity contribution in [3.8, 4) is 0 Å². The Kier molecular flexibility index (Phi) is 4.40. The molecule has 1 amide bonds. The molecule has 0 radical (unpaired) electrons. The first kappa shape index (κ1) is 17.7. The highest BCUT2D eigenvalue weighted by atomic mass is 35.5. The summed E-state index contributed by atoms with van der Waals surface area (Å²) in [4.78, 5) is 13.4. The number of carbonyl (C=O) groups excluding carboxylic acids is 1. The van der Waals surface area contributed by atoms with Crippen LogP contribution in [0.4, 0.5) is 11.4 Å². The summed E-state index contributed by atoms with van der Waals surface area (Å²) >= 11 is 12.6. The maximum atomic E-state index is 13.4. The van der Waals surface area contributed by atoms with Crippen LogP contribution in [0.25, 0.3) is 0 Å². The Bertz CT molecular complexity index is 882. The molecule has 5 heteroatoms. The van der Waals surface area contributed by atoms with Crippen LogP contribution in [0.2, 0.25) is 10.0 Å². The topological polar surface area (TPSA) is 23.6 Å². The van der Waals surface area contributed by atoms with Crippen LogP contribution in [0.1, 0.15) is 50.7 Å². The molecule has 4 rings (SSSR count). The van der Waals surface area contributed by atoms with Gasteiger partial charge in [0.2, 0.25) is 0 Å². The molecule has 2 aliphatic heterocycles. The normalized spacial score (nSPS) is 20.8. The number of hydrogen-bond donors (Lipinski definition) is 0. The lowest BCUT2D eigenvalue weighted by Gasteiger charge is -2.59. The minimum atomic E-state index is -0.501. The number of hydrazine groups is 1. The Balaban J connectivity index is 1.93. The van der Waals surface area contributed by atoms with Crippen LogP contribution in [0.5, 0.6) is 0 Å². The van der Waals surface area contributed by atoms with Crippen LogP contribution < -0.4 is 10.0 Å². The first-order valence-corrected chi connectivity index (χ1v) is 9.99. The van der Waals surface area contributed by atoms with Crippen molar-refractivity contribution < 1.29 is 4.79 Å². The zero-order valence-corrected chi connectivity index (χ0v) is 16.6. The second-order valence-corrected chi connectivity index (χ2v) is 8.01. The number of anilines is 2. The van der Waals surface area contributed by atoms with Gasteiger partial charge in [-0.05, 0) is 48.2 Å². The van der Waals surface area contributed by atoms with Crippen molar-refractivity contribution in [1.82, 2.24) is 0 Å². The van der Waals surface area contributed by atoms with Gasteiger partial charge in [0.05, 0.1) is 11.4 Å². The first-order chi connectivity index (χ1) is 12.5. The highest BCUT2D eigenvalue weighted by molar-refractivity contribution is 6.31. The Morgan fingerprint density at radius 2 is 1.62 bits per heavy atom. The van der Waals surface area contributed by atoms with Crippen molar-refractivity contribution in [2.75, 3.05) is 10.0 Å². The van der Waals surface area contributed by atoms with Crippen LogP contribution in [0, 0.1) is 0 Å². The molecule has 0 bridgehead atoms. The van der Waals surface area contributed by atoms with E-state index in [4.69, 9.17) is 23.2 Å². The molecule has 2 aromatic rings. The Labute approximate surface area is 164 Å². The lowest BCUT2D eigenvalue weighted by atomic mass is 9.82. The maximum absolute atomic E-state index is 13.4. The smallest absolute Gasteiger partial charge is 0.270 e. The lowest BCUT2D eigenvalue weighted by Crippen LogP contribution is -2.78. The van der Waals surface area contributed by atoms with Gasteiger partial charge in [0.1, 0.15) is 5.54 Å². The highest BCUT2D eigenvalue weighted by Crippen LogP contribution is 2.50. The fourth-order valence-electron chi connectivity index (χ4n) is 4.21. The van der Waals surface area contributed by atoms with E-state index in [2.05, 4.69) is 24.9 Å².